The fraction of sp³-hybridized carbons (Fsp3) is 0.143. The second-order valence-electron chi connectivity index (χ2n) is 2.19. The highest BCUT2D eigenvalue weighted by molar-refractivity contribution is 9.13. The predicted molar refractivity (Wildman–Crippen MR) is 51.1 cm³/mol. The van der Waals surface area contributed by atoms with E-state index in [1.807, 2.05) is 0 Å². The lowest BCUT2D eigenvalue weighted by molar-refractivity contribution is 0.279. The molecule has 0 saturated heterocycles. The highest BCUT2D eigenvalue weighted by Crippen LogP contribution is 2.40. The molecule has 0 heterocycles. The molecule has 0 fully saturated rings. The smallest absolute Gasteiger partial charge is 0.173 e. The standard InChI is InChI=1S/C7H6Br2O3/c8-5-3(2-10)1-4(11)7(12)6(5)9/h1,10-12H,2H2. The molecule has 12 heavy (non-hydrogen) atoms. The molecule has 1 aromatic rings. The molecule has 0 spiro atoms. The second kappa shape index (κ2) is 3.64. The van der Waals surface area contributed by atoms with Crippen LogP contribution in [0.1, 0.15) is 5.56 Å². The molecule has 1 aromatic carbocycles. The van der Waals surface area contributed by atoms with Crippen LogP contribution >= 0.6 is 31.9 Å². The lowest BCUT2D eigenvalue weighted by atomic mass is 10.2. The van der Waals surface area contributed by atoms with Gasteiger partial charge in [0, 0.05) is 4.47 Å². The molecule has 3 N–H and O–H groups in total. The van der Waals surface area contributed by atoms with Crippen molar-refractivity contribution in [2.45, 2.75) is 6.61 Å². The molecule has 0 saturated carbocycles. The van der Waals surface area contributed by atoms with Crippen LogP contribution in [-0.4, -0.2) is 15.3 Å². The van der Waals surface area contributed by atoms with Gasteiger partial charge in [-0.05, 0) is 43.5 Å². The van der Waals surface area contributed by atoms with Crippen LogP contribution in [0.5, 0.6) is 11.5 Å². The number of hydrogen-bond donors (Lipinski definition) is 3. The number of aliphatic hydroxyl groups is 1. The summed E-state index contributed by atoms with van der Waals surface area (Å²) in [5, 5.41) is 27.1. The number of rotatable bonds is 1. The Hall–Kier alpha value is -0.260. The molecule has 0 aromatic heterocycles. The fourth-order valence-electron chi connectivity index (χ4n) is 0.769. The van der Waals surface area contributed by atoms with Gasteiger partial charge in [-0.3, -0.25) is 0 Å². The van der Waals surface area contributed by atoms with E-state index in [0.717, 1.165) is 0 Å². The van der Waals surface area contributed by atoms with E-state index in [2.05, 4.69) is 31.9 Å². The zero-order valence-electron chi connectivity index (χ0n) is 5.88. The van der Waals surface area contributed by atoms with Crippen molar-refractivity contribution in [3.8, 4) is 11.5 Å². The van der Waals surface area contributed by atoms with Crippen LogP contribution < -0.4 is 0 Å². The van der Waals surface area contributed by atoms with E-state index < -0.39 is 0 Å². The van der Waals surface area contributed by atoms with Crippen molar-refractivity contribution in [3.63, 3.8) is 0 Å². The topological polar surface area (TPSA) is 60.7 Å². The number of phenolic OH excluding ortho intramolecular Hbond substituents is 2. The Morgan fingerprint density at radius 2 is 1.75 bits per heavy atom. The van der Waals surface area contributed by atoms with E-state index in [1.165, 1.54) is 6.07 Å². The quantitative estimate of drug-likeness (QED) is 0.696. The van der Waals surface area contributed by atoms with Gasteiger partial charge in [0.2, 0.25) is 0 Å². The molecule has 0 radical (unpaired) electrons. The molecule has 5 heteroatoms. The molecule has 0 aliphatic rings. The molecule has 0 amide bonds. The van der Waals surface area contributed by atoms with Crippen molar-refractivity contribution in [2.75, 3.05) is 0 Å². The van der Waals surface area contributed by atoms with E-state index in [4.69, 9.17) is 10.2 Å². The maximum Gasteiger partial charge on any atom is 0.173 e. The Labute approximate surface area is 85.9 Å². The monoisotopic (exact) mass is 296 g/mol. The van der Waals surface area contributed by atoms with Crippen molar-refractivity contribution >= 4 is 31.9 Å². The molecular weight excluding hydrogens is 292 g/mol. The van der Waals surface area contributed by atoms with Crippen LogP contribution in [0.3, 0.4) is 0 Å². The summed E-state index contributed by atoms with van der Waals surface area (Å²) >= 11 is 6.20. The lowest BCUT2D eigenvalue weighted by Crippen LogP contribution is -1.86. The van der Waals surface area contributed by atoms with Gasteiger partial charge in [-0.2, -0.15) is 0 Å². The van der Waals surface area contributed by atoms with E-state index in [0.29, 0.717) is 14.5 Å². The first-order valence-corrected chi connectivity index (χ1v) is 4.66. The van der Waals surface area contributed by atoms with E-state index >= 15 is 0 Å². The van der Waals surface area contributed by atoms with Crippen LogP contribution in [0.2, 0.25) is 0 Å². The van der Waals surface area contributed by atoms with Gasteiger partial charge >= 0.3 is 0 Å². The van der Waals surface area contributed by atoms with Crippen LogP contribution in [0.4, 0.5) is 0 Å². The fourth-order valence-corrected chi connectivity index (χ4v) is 1.65. The molecule has 66 valence electrons. The average molecular weight is 298 g/mol. The zero-order chi connectivity index (χ0) is 9.30. The van der Waals surface area contributed by atoms with E-state index in [9.17, 15) is 5.11 Å². The minimum atomic E-state index is -0.255. The number of aromatic hydroxyl groups is 2. The second-order valence-corrected chi connectivity index (χ2v) is 3.78. The van der Waals surface area contributed by atoms with Crippen molar-refractivity contribution in [3.05, 3.63) is 20.6 Å². The number of aliphatic hydroxyl groups excluding tert-OH is 1. The Balaban J connectivity index is 3.39. The molecule has 0 aliphatic heterocycles. The Morgan fingerprint density at radius 3 is 2.25 bits per heavy atom. The summed E-state index contributed by atoms with van der Waals surface area (Å²) in [6.07, 6.45) is 0. The molecular formula is C7H6Br2O3. The minimum Gasteiger partial charge on any atom is -0.504 e. The van der Waals surface area contributed by atoms with Gasteiger partial charge < -0.3 is 15.3 Å². The largest absolute Gasteiger partial charge is 0.504 e. The van der Waals surface area contributed by atoms with Gasteiger partial charge in [0.1, 0.15) is 0 Å². The summed E-state index contributed by atoms with van der Waals surface area (Å²) in [5.41, 5.74) is 0.511. The Kier molecular flexibility index (Phi) is 2.98. The van der Waals surface area contributed by atoms with Crippen molar-refractivity contribution < 1.29 is 15.3 Å². The van der Waals surface area contributed by atoms with Crippen LogP contribution in [0.15, 0.2) is 15.0 Å². The maximum atomic E-state index is 9.20. The van der Waals surface area contributed by atoms with Crippen molar-refractivity contribution in [1.29, 1.82) is 0 Å². The molecule has 0 unspecified atom stereocenters. The highest BCUT2D eigenvalue weighted by Gasteiger charge is 2.12. The SMILES string of the molecule is OCc1cc(O)c(O)c(Br)c1Br. The summed E-state index contributed by atoms with van der Waals surface area (Å²) in [7, 11) is 0. The number of hydrogen-bond acceptors (Lipinski definition) is 3. The van der Waals surface area contributed by atoms with Gasteiger partial charge in [0.25, 0.3) is 0 Å². The Morgan fingerprint density at radius 1 is 1.17 bits per heavy atom. The van der Waals surface area contributed by atoms with E-state index in [1.54, 1.807) is 0 Å². The molecule has 3 nitrogen and oxygen atoms in total. The first kappa shape index (κ1) is 9.83. The first-order chi connectivity index (χ1) is 5.57. The third-order valence-electron chi connectivity index (χ3n) is 1.41. The normalized spacial score (nSPS) is 10.2. The number of phenols is 2. The van der Waals surface area contributed by atoms with Gasteiger partial charge in [-0.1, -0.05) is 0 Å². The maximum absolute atomic E-state index is 9.20. The lowest BCUT2D eigenvalue weighted by Gasteiger charge is -2.06. The summed E-state index contributed by atoms with van der Waals surface area (Å²) < 4.78 is 0.881. The molecule has 0 atom stereocenters. The summed E-state index contributed by atoms with van der Waals surface area (Å²) in [5.74, 6) is -0.492. The average Bonchev–Trinajstić information content (AvgIpc) is 2.08. The Bertz CT molecular complexity index is 312. The van der Waals surface area contributed by atoms with Crippen molar-refractivity contribution in [1.82, 2.24) is 0 Å². The summed E-state index contributed by atoms with van der Waals surface area (Å²) in [6, 6.07) is 1.30. The van der Waals surface area contributed by atoms with Crippen LogP contribution in [0, 0.1) is 0 Å². The molecule has 0 aliphatic carbocycles. The van der Waals surface area contributed by atoms with Gasteiger partial charge in [0.15, 0.2) is 11.5 Å². The summed E-state index contributed by atoms with van der Waals surface area (Å²) in [6.45, 7) is -0.201. The van der Waals surface area contributed by atoms with E-state index in [-0.39, 0.29) is 18.1 Å². The third kappa shape index (κ3) is 1.57. The van der Waals surface area contributed by atoms with Crippen LogP contribution in [-0.2, 0) is 6.61 Å². The molecule has 1 rings (SSSR count). The van der Waals surface area contributed by atoms with Gasteiger partial charge in [0.05, 0.1) is 11.1 Å². The summed E-state index contributed by atoms with van der Waals surface area (Å²) in [4.78, 5) is 0. The number of benzene rings is 1. The predicted octanol–water partition coefficient (Wildman–Crippen LogP) is 2.12. The van der Waals surface area contributed by atoms with Crippen molar-refractivity contribution in [2.24, 2.45) is 0 Å². The third-order valence-corrected chi connectivity index (χ3v) is 3.62. The zero-order valence-corrected chi connectivity index (χ0v) is 9.05. The van der Waals surface area contributed by atoms with Crippen LogP contribution in [0.25, 0.3) is 0 Å². The minimum absolute atomic E-state index is 0.201. The number of halogens is 2. The molecule has 0 bridgehead atoms. The van der Waals surface area contributed by atoms with Gasteiger partial charge in [-0.15, -0.1) is 0 Å². The highest BCUT2D eigenvalue weighted by atomic mass is 79.9. The van der Waals surface area contributed by atoms with Gasteiger partial charge in [-0.25, -0.2) is 0 Å². The first-order valence-electron chi connectivity index (χ1n) is 3.07.